The first kappa shape index (κ1) is 28.6. The molecule has 2 N–H and O–H groups in total. The summed E-state index contributed by atoms with van der Waals surface area (Å²) in [6.45, 7) is 3.36. The molecular formula is C27H35F3N6O3S. The van der Waals surface area contributed by atoms with Gasteiger partial charge in [0.1, 0.15) is 0 Å². The van der Waals surface area contributed by atoms with Crippen molar-refractivity contribution in [1.29, 1.82) is 0 Å². The number of benzene rings is 1. The fourth-order valence-electron chi connectivity index (χ4n) is 6.40. The van der Waals surface area contributed by atoms with Crippen LogP contribution >= 0.6 is 11.9 Å². The maximum absolute atomic E-state index is 13.6. The van der Waals surface area contributed by atoms with Crippen LogP contribution in [0, 0.1) is 5.92 Å². The van der Waals surface area contributed by atoms with E-state index in [1.807, 2.05) is 16.1 Å². The summed E-state index contributed by atoms with van der Waals surface area (Å²) in [6.07, 6.45) is 3.45. The number of hydrogen-bond donors (Lipinski definition) is 2. The van der Waals surface area contributed by atoms with Crippen molar-refractivity contribution in [3.63, 3.8) is 0 Å². The van der Waals surface area contributed by atoms with Gasteiger partial charge in [0.25, 0.3) is 0 Å². The van der Waals surface area contributed by atoms with Gasteiger partial charge in [0.2, 0.25) is 0 Å². The predicted molar refractivity (Wildman–Crippen MR) is 147 cm³/mol. The standard InChI is InChI=1S/C27H35F3N6O3S/c1-40-32-23-7-14-36(31-23)25(39)34-15-9-26(10-16-34)8-2-11-35(26)18-20-3-4-21(27(28,29)30)17-22(20)33-12-5-19(6-13-33)24(37)38/h3-4,7,14,17,19H,2,5-6,8-13,15-16,18H2,1H3,(H,31,32)(H,37,38). The van der Waals surface area contributed by atoms with Gasteiger partial charge in [-0.3, -0.25) is 9.69 Å². The number of aromatic nitrogens is 2. The second-order valence-corrected chi connectivity index (χ2v) is 11.5. The highest BCUT2D eigenvalue weighted by atomic mass is 32.2. The van der Waals surface area contributed by atoms with Gasteiger partial charge < -0.3 is 19.6 Å². The SMILES string of the molecule is CSNc1ccn(C(=O)N2CCC3(CCCN3Cc3ccc(C(F)(F)F)cc3N3CCC(C(=O)O)CC3)CC2)n1. The van der Waals surface area contributed by atoms with E-state index in [0.29, 0.717) is 57.1 Å². The van der Waals surface area contributed by atoms with Crippen molar-refractivity contribution in [2.24, 2.45) is 5.92 Å². The molecule has 0 radical (unpaired) electrons. The third kappa shape index (κ3) is 5.90. The molecule has 0 saturated carbocycles. The summed E-state index contributed by atoms with van der Waals surface area (Å²) in [5.74, 6) is -0.691. The van der Waals surface area contributed by atoms with E-state index < -0.39 is 23.6 Å². The molecule has 3 aliphatic heterocycles. The number of amides is 1. The van der Waals surface area contributed by atoms with Crippen LogP contribution in [0.15, 0.2) is 30.5 Å². The van der Waals surface area contributed by atoms with Gasteiger partial charge in [-0.15, -0.1) is 5.10 Å². The first-order chi connectivity index (χ1) is 19.1. The van der Waals surface area contributed by atoms with Crippen LogP contribution in [0.1, 0.15) is 49.7 Å². The molecule has 5 rings (SSSR count). The third-order valence-electron chi connectivity index (χ3n) is 8.66. The minimum absolute atomic E-state index is 0.108. The molecule has 0 bridgehead atoms. The first-order valence-electron chi connectivity index (χ1n) is 13.7. The van der Waals surface area contributed by atoms with E-state index in [-0.39, 0.29) is 11.6 Å². The Hall–Kier alpha value is -2.93. The summed E-state index contributed by atoms with van der Waals surface area (Å²) in [5, 5.41) is 13.7. The molecule has 3 saturated heterocycles. The number of carbonyl (C=O) groups is 2. The highest BCUT2D eigenvalue weighted by molar-refractivity contribution is 7.99. The third-order valence-corrected chi connectivity index (χ3v) is 9.07. The normalized spacial score (nSPS) is 20.3. The van der Waals surface area contributed by atoms with E-state index >= 15 is 0 Å². The van der Waals surface area contributed by atoms with Gasteiger partial charge in [-0.2, -0.15) is 17.9 Å². The predicted octanol–water partition coefficient (Wildman–Crippen LogP) is 4.99. The maximum Gasteiger partial charge on any atom is 0.416 e. The summed E-state index contributed by atoms with van der Waals surface area (Å²) < 4.78 is 45.3. The van der Waals surface area contributed by atoms with Crippen LogP contribution in [-0.4, -0.2) is 81.2 Å². The number of aliphatic carboxylic acids is 1. The molecular weight excluding hydrogens is 545 g/mol. The lowest BCUT2D eigenvalue weighted by atomic mass is 9.84. The quantitative estimate of drug-likeness (QED) is 0.462. The highest BCUT2D eigenvalue weighted by Gasteiger charge is 2.44. The van der Waals surface area contributed by atoms with E-state index in [1.54, 1.807) is 18.3 Å². The molecule has 40 heavy (non-hydrogen) atoms. The lowest BCUT2D eigenvalue weighted by Crippen LogP contribution is -2.53. The smallest absolute Gasteiger partial charge is 0.416 e. The van der Waals surface area contributed by atoms with Crippen LogP contribution in [0.3, 0.4) is 0 Å². The van der Waals surface area contributed by atoms with Crippen molar-refractivity contribution in [3.8, 4) is 0 Å². The van der Waals surface area contributed by atoms with Gasteiger partial charge in [0, 0.05) is 62.5 Å². The number of carboxylic acid groups (broad SMARTS) is 1. The minimum Gasteiger partial charge on any atom is -0.481 e. The van der Waals surface area contributed by atoms with E-state index in [9.17, 15) is 27.9 Å². The average Bonchev–Trinajstić information content (AvgIpc) is 3.56. The fraction of sp³-hybridized carbons (Fsp3) is 0.593. The summed E-state index contributed by atoms with van der Waals surface area (Å²) in [7, 11) is 0. The number of rotatable bonds is 6. The summed E-state index contributed by atoms with van der Waals surface area (Å²) in [6, 6.07) is 5.55. The summed E-state index contributed by atoms with van der Waals surface area (Å²) >= 11 is 1.40. The molecule has 3 fully saturated rings. The zero-order valence-corrected chi connectivity index (χ0v) is 23.3. The second-order valence-electron chi connectivity index (χ2n) is 10.9. The zero-order valence-electron chi connectivity index (χ0n) is 22.5. The Bertz CT molecular complexity index is 1220. The molecule has 0 unspecified atom stereocenters. The van der Waals surface area contributed by atoms with E-state index in [0.717, 1.165) is 43.9 Å². The molecule has 2 aromatic rings. The maximum atomic E-state index is 13.6. The number of alkyl halides is 3. The van der Waals surface area contributed by atoms with Crippen molar-refractivity contribution in [2.45, 2.75) is 56.8 Å². The Kier molecular flexibility index (Phi) is 8.23. The molecule has 218 valence electrons. The first-order valence-corrected chi connectivity index (χ1v) is 14.9. The topological polar surface area (TPSA) is 93.9 Å². The number of carboxylic acids is 1. The molecule has 1 aromatic heterocycles. The largest absolute Gasteiger partial charge is 0.481 e. The minimum atomic E-state index is -4.46. The van der Waals surface area contributed by atoms with E-state index in [4.69, 9.17) is 0 Å². The second kappa shape index (κ2) is 11.5. The number of likely N-dealkylation sites (tertiary alicyclic amines) is 2. The van der Waals surface area contributed by atoms with Crippen molar-refractivity contribution in [3.05, 3.63) is 41.6 Å². The molecule has 9 nitrogen and oxygen atoms in total. The van der Waals surface area contributed by atoms with Crippen LogP contribution in [0.25, 0.3) is 0 Å². The van der Waals surface area contributed by atoms with Gasteiger partial charge in [-0.05, 0) is 62.8 Å². The van der Waals surface area contributed by atoms with Crippen LogP contribution in [0.4, 0.5) is 29.5 Å². The van der Waals surface area contributed by atoms with E-state index in [1.165, 1.54) is 22.7 Å². The van der Waals surface area contributed by atoms with Crippen molar-refractivity contribution < 1.29 is 27.9 Å². The number of hydrogen-bond acceptors (Lipinski definition) is 7. The lowest BCUT2D eigenvalue weighted by molar-refractivity contribution is -0.142. The molecule has 1 amide bonds. The fourth-order valence-corrected chi connectivity index (χ4v) is 6.72. The van der Waals surface area contributed by atoms with Crippen LogP contribution in [0.2, 0.25) is 0 Å². The molecule has 1 spiro atoms. The van der Waals surface area contributed by atoms with Crippen molar-refractivity contribution in [2.75, 3.05) is 48.6 Å². The van der Waals surface area contributed by atoms with Crippen molar-refractivity contribution >= 4 is 35.5 Å². The van der Waals surface area contributed by atoms with Crippen molar-refractivity contribution in [1.82, 2.24) is 19.6 Å². The lowest BCUT2D eigenvalue weighted by Gasteiger charge is -2.45. The van der Waals surface area contributed by atoms with Gasteiger partial charge in [0.15, 0.2) is 5.82 Å². The molecule has 0 aliphatic carbocycles. The molecule has 1 aromatic carbocycles. The summed E-state index contributed by atoms with van der Waals surface area (Å²) in [4.78, 5) is 30.6. The number of piperidine rings is 2. The zero-order chi connectivity index (χ0) is 28.5. The van der Waals surface area contributed by atoms with Gasteiger partial charge in [-0.25, -0.2) is 4.79 Å². The molecule has 0 atom stereocenters. The van der Waals surface area contributed by atoms with Gasteiger partial charge >= 0.3 is 18.2 Å². The number of halogens is 3. The molecule has 3 aliphatic rings. The summed E-state index contributed by atoms with van der Waals surface area (Å²) in [5.41, 5.74) is 0.570. The van der Waals surface area contributed by atoms with Crippen LogP contribution in [0.5, 0.6) is 0 Å². The van der Waals surface area contributed by atoms with Gasteiger partial charge in [0.05, 0.1) is 11.5 Å². The Labute approximate surface area is 235 Å². The van der Waals surface area contributed by atoms with E-state index in [2.05, 4.69) is 14.7 Å². The molecule has 13 heteroatoms. The number of anilines is 2. The highest BCUT2D eigenvalue weighted by Crippen LogP contribution is 2.42. The van der Waals surface area contributed by atoms with Crippen LogP contribution < -0.4 is 9.62 Å². The Morgan fingerprint density at radius 2 is 1.82 bits per heavy atom. The number of nitrogens with zero attached hydrogens (tertiary/aromatic N) is 5. The number of carbonyl (C=O) groups excluding carboxylic acids is 1. The Morgan fingerprint density at radius 1 is 1.10 bits per heavy atom. The average molecular weight is 581 g/mol. The Balaban J connectivity index is 1.30. The van der Waals surface area contributed by atoms with Gasteiger partial charge in [-0.1, -0.05) is 18.0 Å². The Morgan fingerprint density at radius 3 is 2.48 bits per heavy atom. The molecule has 4 heterocycles. The van der Waals surface area contributed by atoms with Crippen LogP contribution in [-0.2, 0) is 17.5 Å². The number of nitrogens with one attached hydrogen (secondary N) is 1. The monoisotopic (exact) mass is 580 g/mol.